The molecule has 0 saturated heterocycles. The molecule has 6 heteroatoms. The molecular weight excluding hydrogens is 366 g/mol. The summed E-state index contributed by atoms with van der Waals surface area (Å²) in [6.07, 6.45) is 2.76. The predicted octanol–water partition coefficient (Wildman–Crippen LogP) is 3.91. The van der Waals surface area contributed by atoms with Crippen LogP contribution in [-0.4, -0.2) is 31.7 Å². The number of amides is 1. The molecule has 6 nitrogen and oxygen atoms in total. The number of hydrogen-bond donors (Lipinski definition) is 1. The highest BCUT2D eigenvalue weighted by atomic mass is 16.5. The van der Waals surface area contributed by atoms with E-state index in [1.54, 1.807) is 44.7 Å². The number of nitrogens with zero attached hydrogens (tertiary/aromatic N) is 2. The van der Waals surface area contributed by atoms with Crippen molar-refractivity contribution in [1.82, 2.24) is 4.98 Å². The molecule has 3 aromatic rings. The van der Waals surface area contributed by atoms with E-state index < -0.39 is 0 Å². The first-order valence-electron chi connectivity index (χ1n) is 9.49. The molecule has 0 atom stereocenters. The van der Waals surface area contributed by atoms with E-state index in [0.717, 1.165) is 25.2 Å². The summed E-state index contributed by atoms with van der Waals surface area (Å²) in [5, 5.41) is 2.84. The molecular formula is C23H23N3O3. The van der Waals surface area contributed by atoms with E-state index in [9.17, 15) is 4.79 Å². The molecule has 29 heavy (non-hydrogen) atoms. The second-order valence-electron chi connectivity index (χ2n) is 6.86. The van der Waals surface area contributed by atoms with Crippen LogP contribution in [-0.2, 0) is 13.0 Å². The Kier molecular flexibility index (Phi) is 5.33. The molecule has 148 valence electrons. The molecule has 0 bridgehead atoms. The highest BCUT2D eigenvalue weighted by Gasteiger charge is 2.17. The lowest BCUT2D eigenvalue weighted by Gasteiger charge is -2.30. The third-order valence-corrected chi connectivity index (χ3v) is 5.13. The number of hydrogen-bond acceptors (Lipinski definition) is 5. The summed E-state index contributed by atoms with van der Waals surface area (Å²) >= 11 is 0. The number of nitrogens with one attached hydrogen (secondary N) is 1. The van der Waals surface area contributed by atoms with E-state index in [1.165, 1.54) is 11.1 Å². The molecule has 0 saturated carbocycles. The molecule has 1 N–H and O–H groups in total. The maximum atomic E-state index is 12.6. The van der Waals surface area contributed by atoms with E-state index in [2.05, 4.69) is 39.5 Å². The molecule has 4 rings (SSSR count). The first-order chi connectivity index (χ1) is 14.2. The minimum absolute atomic E-state index is 0.299. The molecule has 1 aliphatic heterocycles. The van der Waals surface area contributed by atoms with Crippen LogP contribution in [0.25, 0.3) is 0 Å². The van der Waals surface area contributed by atoms with E-state index in [1.807, 2.05) is 6.07 Å². The zero-order valence-electron chi connectivity index (χ0n) is 16.5. The van der Waals surface area contributed by atoms with Gasteiger partial charge in [0.15, 0.2) is 0 Å². The van der Waals surface area contributed by atoms with Crippen molar-refractivity contribution in [2.45, 2.75) is 13.0 Å². The van der Waals surface area contributed by atoms with E-state index in [0.29, 0.717) is 22.9 Å². The molecule has 1 amide bonds. The molecule has 0 aliphatic carbocycles. The van der Waals surface area contributed by atoms with Gasteiger partial charge in [-0.2, -0.15) is 0 Å². The van der Waals surface area contributed by atoms with Crippen LogP contribution in [0.15, 0.2) is 60.8 Å². The molecule has 2 heterocycles. The molecule has 0 spiro atoms. The molecule has 1 aliphatic rings. The van der Waals surface area contributed by atoms with Gasteiger partial charge in [-0.3, -0.25) is 4.79 Å². The smallest absolute Gasteiger partial charge is 0.274 e. The van der Waals surface area contributed by atoms with Crippen LogP contribution in [0.2, 0.25) is 0 Å². The quantitative estimate of drug-likeness (QED) is 0.717. The predicted molar refractivity (Wildman–Crippen MR) is 113 cm³/mol. The normalized spacial score (nSPS) is 12.8. The van der Waals surface area contributed by atoms with Crippen LogP contribution >= 0.6 is 0 Å². The molecule has 0 radical (unpaired) electrons. The lowest BCUT2D eigenvalue weighted by molar-refractivity contribution is 0.102. The van der Waals surface area contributed by atoms with Crippen molar-refractivity contribution >= 4 is 17.3 Å². The van der Waals surface area contributed by atoms with Crippen molar-refractivity contribution in [2.24, 2.45) is 0 Å². The van der Waals surface area contributed by atoms with Crippen molar-refractivity contribution in [2.75, 3.05) is 31.0 Å². The number of rotatable bonds is 5. The number of benzene rings is 2. The Bertz CT molecular complexity index is 1020. The van der Waals surface area contributed by atoms with Gasteiger partial charge < -0.3 is 19.7 Å². The van der Waals surface area contributed by atoms with Gasteiger partial charge in [-0.25, -0.2) is 4.98 Å². The highest BCUT2D eigenvalue weighted by Crippen LogP contribution is 2.29. The molecule has 0 unspecified atom stereocenters. The van der Waals surface area contributed by atoms with Gasteiger partial charge in [0.05, 0.1) is 31.8 Å². The highest BCUT2D eigenvalue weighted by molar-refractivity contribution is 6.03. The Morgan fingerprint density at radius 2 is 1.86 bits per heavy atom. The van der Waals surface area contributed by atoms with Crippen LogP contribution in [0.1, 0.15) is 21.6 Å². The van der Waals surface area contributed by atoms with Crippen molar-refractivity contribution in [3.63, 3.8) is 0 Å². The zero-order chi connectivity index (χ0) is 20.2. The second kappa shape index (κ2) is 8.22. The first kappa shape index (κ1) is 18.8. The monoisotopic (exact) mass is 389 g/mol. The molecule has 0 fully saturated rings. The summed E-state index contributed by atoms with van der Waals surface area (Å²) in [5.74, 6) is 0.893. The van der Waals surface area contributed by atoms with Gasteiger partial charge in [-0.05, 0) is 41.8 Å². The van der Waals surface area contributed by atoms with Crippen LogP contribution in [0.3, 0.4) is 0 Å². The maximum Gasteiger partial charge on any atom is 0.274 e. The minimum atomic E-state index is -0.299. The molecule has 1 aromatic heterocycles. The van der Waals surface area contributed by atoms with E-state index >= 15 is 0 Å². The van der Waals surface area contributed by atoms with Crippen molar-refractivity contribution in [3.8, 4) is 11.5 Å². The maximum absolute atomic E-state index is 12.6. The number of anilines is 2. The summed E-state index contributed by atoms with van der Waals surface area (Å²) in [6, 6.07) is 17.4. The Labute approximate surface area is 170 Å². The lowest BCUT2D eigenvalue weighted by Crippen LogP contribution is -2.30. The number of methoxy groups -OCH3 is 2. The van der Waals surface area contributed by atoms with Gasteiger partial charge in [0, 0.05) is 19.2 Å². The summed E-state index contributed by atoms with van der Waals surface area (Å²) in [4.78, 5) is 19.3. The Balaban J connectivity index is 1.48. The fourth-order valence-corrected chi connectivity index (χ4v) is 3.52. The number of fused-ring (bicyclic) bond motifs is 1. The fourth-order valence-electron chi connectivity index (χ4n) is 3.52. The van der Waals surface area contributed by atoms with Crippen molar-refractivity contribution < 1.29 is 14.3 Å². The van der Waals surface area contributed by atoms with Crippen LogP contribution in [0.4, 0.5) is 11.4 Å². The fraction of sp³-hybridized carbons (Fsp3) is 0.217. The number of pyridine rings is 1. The van der Waals surface area contributed by atoms with Gasteiger partial charge in [0.2, 0.25) is 0 Å². The van der Waals surface area contributed by atoms with Crippen LogP contribution in [0, 0.1) is 0 Å². The van der Waals surface area contributed by atoms with Gasteiger partial charge in [-0.15, -0.1) is 0 Å². The number of ether oxygens (including phenoxy) is 2. The number of aromatic nitrogens is 1. The van der Waals surface area contributed by atoms with Gasteiger partial charge in [0.25, 0.3) is 5.91 Å². The first-order valence-corrected chi connectivity index (χ1v) is 9.49. The SMILES string of the molecule is COc1ccc(OC)c(NC(=O)c2ccc(N3CCc4ccccc4C3)cn2)c1. The molecule has 2 aromatic carbocycles. The van der Waals surface area contributed by atoms with Crippen LogP contribution in [0.5, 0.6) is 11.5 Å². The van der Waals surface area contributed by atoms with Crippen molar-refractivity contribution in [3.05, 3.63) is 77.6 Å². The van der Waals surface area contributed by atoms with E-state index in [4.69, 9.17) is 9.47 Å². The lowest BCUT2D eigenvalue weighted by atomic mass is 10.00. The van der Waals surface area contributed by atoms with Crippen molar-refractivity contribution in [1.29, 1.82) is 0 Å². The topological polar surface area (TPSA) is 63.7 Å². The number of carbonyl (C=O) groups is 1. The minimum Gasteiger partial charge on any atom is -0.497 e. The largest absolute Gasteiger partial charge is 0.497 e. The Morgan fingerprint density at radius 3 is 2.59 bits per heavy atom. The second-order valence-corrected chi connectivity index (χ2v) is 6.86. The summed E-state index contributed by atoms with van der Waals surface area (Å²) < 4.78 is 10.5. The Hall–Kier alpha value is -3.54. The third-order valence-electron chi connectivity index (χ3n) is 5.13. The zero-order valence-corrected chi connectivity index (χ0v) is 16.5. The summed E-state index contributed by atoms with van der Waals surface area (Å²) in [6.45, 7) is 1.79. The third kappa shape index (κ3) is 4.01. The van der Waals surface area contributed by atoms with E-state index in [-0.39, 0.29) is 5.91 Å². The number of carbonyl (C=O) groups excluding carboxylic acids is 1. The van der Waals surface area contributed by atoms with Gasteiger partial charge in [-0.1, -0.05) is 24.3 Å². The summed E-state index contributed by atoms with van der Waals surface area (Å²) in [7, 11) is 3.13. The van der Waals surface area contributed by atoms with Crippen LogP contribution < -0.4 is 19.7 Å². The average Bonchev–Trinajstić information content (AvgIpc) is 2.78. The van der Waals surface area contributed by atoms with Gasteiger partial charge in [0.1, 0.15) is 17.2 Å². The average molecular weight is 389 g/mol. The van der Waals surface area contributed by atoms with Gasteiger partial charge >= 0.3 is 0 Å². The summed E-state index contributed by atoms with van der Waals surface area (Å²) in [5.41, 5.74) is 4.63. The standard InChI is InChI=1S/C23H23N3O3/c1-28-19-8-10-22(29-2)21(13-19)25-23(27)20-9-7-18(14-24-20)26-12-11-16-5-3-4-6-17(16)15-26/h3-10,13-14H,11-12,15H2,1-2H3,(H,25,27). The Morgan fingerprint density at radius 1 is 1.03 bits per heavy atom.